The Morgan fingerprint density at radius 2 is 1.94 bits per heavy atom. The fourth-order valence-electron chi connectivity index (χ4n) is 3.18. The molecule has 0 unspecified atom stereocenters. The highest BCUT2D eigenvalue weighted by atomic mass is 32.1. The molecule has 170 valence electrons. The van der Waals surface area contributed by atoms with E-state index in [9.17, 15) is 4.79 Å². The second-order valence-corrected chi connectivity index (χ2v) is 8.29. The summed E-state index contributed by atoms with van der Waals surface area (Å²) in [6.45, 7) is 6.83. The number of hydrogen-bond acceptors (Lipinski definition) is 7. The molecule has 0 bridgehead atoms. The maximum Gasteiger partial charge on any atom is 0.291 e. The average Bonchev–Trinajstić information content (AvgIpc) is 3.38. The normalized spacial score (nSPS) is 11.6. The van der Waals surface area contributed by atoms with Crippen molar-refractivity contribution < 1.29 is 14.2 Å². The summed E-state index contributed by atoms with van der Waals surface area (Å²) < 4.78 is 18.6. The molecule has 2 aromatic carbocycles. The zero-order valence-corrected chi connectivity index (χ0v) is 19.4. The molecule has 0 spiro atoms. The molecule has 0 fully saturated rings. The van der Waals surface area contributed by atoms with Crippen molar-refractivity contribution in [1.29, 1.82) is 0 Å². The van der Waals surface area contributed by atoms with Gasteiger partial charge in [-0.3, -0.25) is 4.79 Å². The predicted octanol–water partition coefficient (Wildman–Crippen LogP) is 4.12. The lowest BCUT2D eigenvalue weighted by molar-refractivity contribution is 0.288. The highest BCUT2D eigenvalue weighted by Crippen LogP contribution is 2.28. The van der Waals surface area contributed by atoms with Crippen molar-refractivity contribution in [1.82, 2.24) is 14.6 Å². The molecule has 0 aliphatic heterocycles. The highest BCUT2D eigenvalue weighted by molar-refractivity contribution is 7.15. The van der Waals surface area contributed by atoms with Gasteiger partial charge in [0, 0.05) is 5.56 Å². The summed E-state index contributed by atoms with van der Waals surface area (Å²) in [6.07, 6.45) is 5.54. The smallest absolute Gasteiger partial charge is 0.291 e. The molecule has 2 aromatic heterocycles. The number of fused-ring (bicyclic) bond motifs is 1. The minimum Gasteiger partial charge on any atom is -0.493 e. The van der Waals surface area contributed by atoms with Crippen molar-refractivity contribution in [2.75, 3.05) is 20.3 Å². The highest BCUT2D eigenvalue weighted by Gasteiger charge is 2.13. The van der Waals surface area contributed by atoms with E-state index < -0.39 is 0 Å². The Hall–Kier alpha value is -3.65. The first-order valence-electron chi connectivity index (χ1n) is 10.7. The van der Waals surface area contributed by atoms with Crippen LogP contribution < -0.4 is 24.3 Å². The Labute approximate surface area is 195 Å². The number of unbranched alkanes of at least 4 members (excludes halogenated alkanes) is 1. The van der Waals surface area contributed by atoms with Crippen molar-refractivity contribution in [3.05, 3.63) is 75.6 Å². The van der Waals surface area contributed by atoms with Gasteiger partial charge in [0.1, 0.15) is 12.4 Å². The van der Waals surface area contributed by atoms with Gasteiger partial charge in [0.2, 0.25) is 4.96 Å². The van der Waals surface area contributed by atoms with Crippen molar-refractivity contribution in [3.8, 4) is 28.6 Å². The van der Waals surface area contributed by atoms with Gasteiger partial charge in [0.05, 0.1) is 18.2 Å². The minimum atomic E-state index is -0.207. The number of methoxy groups -OCH3 is 1. The van der Waals surface area contributed by atoms with Crippen molar-refractivity contribution in [3.63, 3.8) is 0 Å². The summed E-state index contributed by atoms with van der Waals surface area (Å²) in [5.74, 6) is 2.56. The van der Waals surface area contributed by atoms with Crippen LogP contribution in [0.2, 0.25) is 0 Å². The zero-order chi connectivity index (χ0) is 23.2. The van der Waals surface area contributed by atoms with E-state index in [1.807, 2.05) is 48.5 Å². The van der Waals surface area contributed by atoms with Crippen LogP contribution in [0.5, 0.6) is 17.2 Å². The molecule has 0 saturated carbocycles. The first-order valence-corrected chi connectivity index (χ1v) is 11.5. The van der Waals surface area contributed by atoms with Crippen LogP contribution >= 0.6 is 11.3 Å². The second-order valence-electron chi connectivity index (χ2n) is 7.28. The van der Waals surface area contributed by atoms with Gasteiger partial charge in [-0.05, 0) is 54.5 Å². The molecule has 0 N–H and O–H groups in total. The van der Waals surface area contributed by atoms with Crippen LogP contribution in [-0.4, -0.2) is 34.9 Å². The van der Waals surface area contributed by atoms with Crippen LogP contribution in [0, 0.1) is 0 Å². The van der Waals surface area contributed by atoms with E-state index in [0.29, 0.717) is 40.0 Å². The van der Waals surface area contributed by atoms with E-state index in [0.717, 1.165) is 29.7 Å². The molecular weight excluding hydrogens is 438 g/mol. The molecule has 0 radical (unpaired) electrons. The Morgan fingerprint density at radius 1 is 1.12 bits per heavy atom. The Kier molecular flexibility index (Phi) is 7.04. The lowest BCUT2D eigenvalue weighted by Gasteiger charge is -2.10. The second kappa shape index (κ2) is 10.3. The van der Waals surface area contributed by atoms with E-state index in [1.165, 1.54) is 15.9 Å². The molecule has 0 amide bonds. The molecular formula is C25H25N3O4S. The summed E-state index contributed by atoms with van der Waals surface area (Å²) in [4.78, 5) is 18.0. The van der Waals surface area contributed by atoms with Crippen LogP contribution in [-0.2, 0) is 0 Å². The molecule has 0 aliphatic rings. The van der Waals surface area contributed by atoms with Gasteiger partial charge in [0.25, 0.3) is 5.56 Å². The molecule has 0 atom stereocenters. The minimum absolute atomic E-state index is 0.207. The SMILES string of the molecule is C=CCOc1ccc(-c2nc3sc(=Cc4ccc(OCCCC)c(OC)c4)c(=O)n3n2)cc1. The van der Waals surface area contributed by atoms with Crippen molar-refractivity contribution in [2.24, 2.45) is 0 Å². The van der Waals surface area contributed by atoms with E-state index in [4.69, 9.17) is 14.2 Å². The molecule has 8 heteroatoms. The molecule has 0 aliphatic carbocycles. The molecule has 33 heavy (non-hydrogen) atoms. The topological polar surface area (TPSA) is 75.0 Å². The van der Waals surface area contributed by atoms with Gasteiger partial charge in [-0.2, -0.15) is 9.50 Å². The molecule has 0 saturated heterocycles. The summed E-state index contributed by atoms with van der Waals surface area (Å²) in [6, 6.07) is 13.0. The van der Waals surface area contributed by atoms with Crippen LogP contribution in [0.4, 0.5) is 0 Å². The van der Waals surface area contributed by atoms with Gasteiger partial charge in [-0.1, -0.05) is 43.4 Å². The van der Waals surface area contributed by atoms with Gasteiger partial charge in [-0.25, -0.2) is 0 Å². The summed E-state index contributed by atoms with van der Waals surface area (Å²) in [5, 5.41) is 4.41. The summed E-state index contributed by atoms with van der Waals surface area (Å²) in [5.41, 5.74) is 1.44. The average molecular weight is 464 g/mol. The number of benzene rings is 2. The van der Waals surface area contributed by atoms with Gasteiger partial charge in [0.15, 0.2) is 17.3 Å². The number of thiazole rings is 1. The Bertz CT molecular complexity index is 1360. The maximum atomic E-state index is 12.9. The number of rotatable bonds is 10. The Morgan fingerprint density at radius 3 is 2.64 bits per heavy atom. The molecule has 7 nitrogen and oxygen atoms in total. The van der Waals surface area contributed by atoms with E-state index in [2.05, 4.69) is 23.6 Å². The monoisotopic (exact) mass is 463 g/mol. The van der Waals surface area contributed by atoms with Gasteiger partial charge >= 0.3 is 0 Å². The van der Waals surface area contributed by atoms with E-state index >= 15 is 0 Å². The third-order valence-corrected chi connectivity index (χ3v) is 5.86. The molecule has 4 aromatic rings. The first kappa shape index (κ1) is 22.5. The fourth-order valence-corrected chi connectivity index (χ4v) is 4.09. The van der Waals surface area contributed by atoms with Crippen LogP contribution in [0.25, 0.3) is 22.4 Å². The number of aromatic nitrogens is 3. The van der Waals surface area contributed by atoms with Crippen LogP contribution in [0.15, 0.2) is 59.9 Å². The van der Waals surface area contributed by atoms with E-state index in [-0.39, 0.29) is 5.56 Å². The quantitative estimate of drug-likeness (QED) is 0.260. The molecule has 2 heterocycles. The standard InChI is InChI=1S/C25H25N3O4S/c1-4-6-14-32-20-12-7-17(15-21(20)30-3)16-22-24(29)28-25(33-22)26-23(27-28)18-8-10-19(11-9-18)31-13-5-2/h5,7-12,15-16H,2,4,6,13-14H2,1,3H3. The Balaban J connectivity index is 1.59. The third-order valence-electron chi connectivity index (χ3n) is 4.90. The molecule has 4 rings (SSSR count). The lowest BCUT2D eigenvalue weighted by Crippen LogP contribution is -2.23. The zero-order valence-electron chi connectivity index (χ0n) is 18.6. The predicted molar refractivity (Wildman–Crippen MR) is 130 cm³/mol. The number of ether oxygens (including phenoxy) is 3. The lowest BCUT2D eigenvalue weighted by atomic mass is 10.2. The van der Waals surface area contributed by atoms with Gasteiger partial charge < -0.3 is 14.2 Å². The van der Waals surface area contributed by atoms with Crippen molar-refractivity contribution in [2.45, 2.75) is 19.8 Å². The van der Waals surface area contributed by atoms with E-state index in [1.54, 1.807) is 13.2 Å². The fraction of sp³-hybridized carbons (Fsp3) is 0.240. The van der Waals surface area contributed by atoms with Crippen LogP contribution in [0.1, 0.15) is 25.3 Å². The van der Waals surface area contributed by atoms with Crippen LogP contribution in [0.3, 0.4) is 0 Å². The third kappa shape index (κ3) is 5.06. The maximum absolute atomic E-state index is 12.9. The number of nitrogens with zero attached hydrogens (tertiary/aromatic N) is 3. The first-order chi connectivity index (χ1) is 16.1. The summed E-state index contributed by atoms with van der Waals surface area (Å²) >= 11 is 1.30. The number of hydrogen-bond donors (Lipinski definition) is 0. The largest absolute Gasteiger partial charge is 0.493 e. The summed E-state index contributed by atoms with van der Waals surface area (Å²) in [7, 11) is 1.60. The van der Waals surface area contributed by atoms with Crippen molar-refractivity contribution >= 4 is 22.4 Å². The van der Waals surface area contributed by atoms with Gasteiger partial charge in [-0.15, -0.1) is 5.10 Å².